The number of hydrogen-bond acceptors (Lipinski definition) is 3. The Kier molecular flexibility index (Phi) is 4.96. The fourth-order valence-electron chi connectivity index (χ4n) is 3.35. The van der Waals surface area contributed by atoms with E-state index in [2.05, 4.69) is 0 Å². The molecule has 1 amide bonds. The highest BCUT2D eigenvalue weighted by Gasteiger charge is 2.40. The third-order valence-corrected chi connectivity index (χ3v) is 4.45. The first-order valence-electron chi connectivity index (χ1n) is 8.62. The first kappa shape index (κ1) is 19.7. The maximum atomic E-state index is 13.9. The Morgan fingerprint density at radius 2 is 1.93 bits per heavy atom. The zero-order valence-corrected chi connectivity index (χ0v) is 15.3. The van der Waals surface area contributed by atoms with E-state index in [9.17, 15) is 22.4 Å². The van der Waals surface area contributed by atoms with Crippen LogP contribution in [-0.2, 0) is 15.7 Å². The Morgan fingerprint density at radius 1 is 1.22 bits per heavy atom. The molecule has 27 heavy (non-hydrogen) atoms. The summed E-state index contributed by atoms with van der Waals surface area (Å²) in [6, 6.07) is 2.18. The van der Waals surface area contributed by atoms with Crippen molar-refractivity contribution in [2.45, 2.75) is 51.1 Å². The number of carbonyl (C=O) groups is 1. The number of carbonyl (C=O) groups excluding carboxylic acids is 1. The Morgan fingerprint density at radius 3 is 2.48 bits per heavy atom. The summed E-state index contributed by atoms with van der Waals surface area (Å²) in [4.78, 5) is 14.1. The molecular formula is C19H21F4NO3. The quantitative estimate of drug-likeness (QED) is 0.659. The molecule has 2 unspecified atom stereocenters. The molecule has 1 fully saturated rings. The second-order valence-corrected chi connectivity index (χ2v) is 7.73. The monoisotopic (exact) mass is 387 g/mol. The lowest BCUT2D eigenvalue weighted by Crippen LogP contribution is -2.57. The van der Waals surface area contributed by atoms with Gasteiger partial charge in [-0.1, -0.05) is 12.1 Å². The second-order valence-electron chi connectivity index (χ2n) is 7.73. The normalized spacial score (nSPS) is 23.1. The minimum atomic E-state index is -4.73. The van der Waals surface area contributed by atoms with E-state index in [1.807, 2.05) is 0 Å². The molecule has 1 aromatic rings. The van der Waals surface area contributed by atoms with Crippen LogP contribution in [0.25, 0.3) is 5.57 Å². The summed E-state index contributed by atoms with van der Waals surface area (Å²) < 4.78 is 63.1. The molecule has 2 heterocycles. The largest absolute Gasteiger partial charge is 0.444 e. The number of alkyl halides is 3. The van der Waals surface area contributed by atoms with Gasteiger partial charge in [0.1, 0.15) is 11.4 Å². The molecule has 148 valence electrons. The molecule has 3 rings (SSSR count). The van der Waals surface area contributed by atoms with Gasteiger partial charge >= 0.3 is 12.3 Å². The zero-order chi connectivity index (χ0) is 20.0. The van der Waals surface area contributed by atoms with Gasteiger partial charge in [-0.2, -0.15) is 13.2 Å². The Labute approximate surface area is 154 Å². The van der Waals surface area contributed by atoms with E-state index < -0.39 is 35.3 Å². The molecule has 2 aliphatic rings. The molecule has 8 heteroatoms. The van der Waals surface area contributed by atoms with Gasteiger partial charge in [-0.15, -0.1) is 0 Å². The van der Waals surface area contributed by atoms with Gasteiger partial charge in [0, 0.05) is 0 Å². The molecule has 2 aliphatic heterocycles. The van der Waals surface area contributed by atoms with Gasteiger partial charge in [0.25, 0.3) is 0 Å². The van der Waals surface area contributed by atoms with Crippen molar-refractivity contribution >= 4 is 11.7 Å². The van der Waals surface area contributed by atoms with Crippen LogP contribution in [-0.4, -0.2) is 41.9 Å². The van der Waals surface area contributed by atoms with E-state index in [4.69, 9.17) is 9.47 Å². The Balaban J connectivity index is 1.88. The van der Waals surface area contributed by atoms with Gasteiger partial charge in [0.2, 0.25) is 0 Å². The number of benzene rings is 1. The Hall–Kier alpha value is -2.09. The van der Waals surface area contributed by atoms with Crippen molar-refractivity contribution < 1.29 is 31.8 Å². The lowest BCUT2D eigenvalue weighted by Gasteiger charge is -2.44. The van der Waals surface area contributed by atoms with Gasteiger partial charge in [0.15, 0.2) is 0 Å². The molecule has 0 N–H and O–H groups in total. The lowest BCUT2D eigenvalue weighted by molar-refractivity contribution is -0.140. The highest BCUT2D eigenvalue weighted by Crippen LogP contribution is 2.36. The van der Waals surface area contributed by atoms with Gasteiger partial charge < -0.3 is 9.47 Å². The predicted octanol–water partition coefficient (Wildman–Crippen LogP) is 4.64. The summed E-state index contributed by atoms with van der Waals surface area (Å²) in [7, 11) is 0. The average molecular weight is 387 g/mol. The summed E-state index contributed by atoms with van der Waals surface area (Å²) in [5, 5.41) is 0. The molecule has 2 bridgehead atoms. The summed E-state index contributed by atoms with van der Waals surface area (Å²) in [5.74, 6) is -1.31. The fraction of sp³-hybridized carbons (Fsp3) is 0.526. The first-order chi connectivity index (χ1) is 12.5. The molecule has 2 atom stereocenters. The number of fused-ring (bicyclic) bond motifs is 2. The molecule has 0 radical (unpaired) electrons. The van der Waals surface area contributed by atoms with E-state index in [0.29, 0.717) is 17.6 Å². The minimum absolute atomic E-state index is 0.252. The number of rotatable bonds is 1. The number of hydrogen-bond donors (Lipinski definition) is 0. The van der Waals surface area contributed by atoms with Crippen LogP contribution in [0.3, 0.4) is 0 Å². The molecule has 1 saturated heterocycles. The molecule has 0 aromatic heterocycles. The predicted molar refractivity (Wildman–Crippen MR) is 90.5 cm³/mol. The van der Waals surface area contributed by atoms with Crippen LogP contribution in [0.2, 0.25) is 0 Å². The molecule has 0 spiro atoms. The third-order valence-electron chi connectivity index (χ3n) is 4.45. The van der Waals surface area contributed by atoms with Crippen molar-refractivity contribution in [3.8, 4) is 0 Å². The topological polar surface area (TPSA) is 38.8 Å². The van der Waals surface area contributed by atoms with Crippen LogP contribution in [0.4, 0.5) is 22.4 Å². The van der Waals surface area contributed by atoms with E-state index in [1.165, 1.54) is 6.07 Å². The minimum Gasteiger partial charge on any atom is -0.444 e. The highest BCUT2D eigenvalue weighted by molar-refractivity contribution is 5.75. The molecule has 4 nitrogen and oxygen atoms in total. The fourth-order valence-corrected chi connectivity index (χ4v) is 3.35. The van der Waals surface area contributed by atoms with Crippen molar-refractivity contribution in [3.63, 3.8) is 0 Å². The van der Waals surface area contributed by atoms with Gasteiger partial charge in [0.05, 0.1) is 30.9 Å². The van der Waals surface area contributed by atoms with Crippen LogP contribution in [0, 0.1) is 5.82 Å². The lowest BCUT2D eigenvalue weighted by atomic mass is 9.89. The molecule has 0 saturated carbocycles. The first-order valence-corrected chi connectivity index (χ1v) is 8.62. The Bertz CT molecular complexity index is 767. The van der Waals surface area contributed by atoms with E-state index in [1.54, 1.807) is 31.7 Å². The summed E-state index contributed by atoms with van der Waals surface area (Å²) >= 11 is 0. The van der Waals surface area contributed by atoms with Crippen LogP contribution in [0.15, 0.2) is 24.3 Å². The summed E-state index contributed by atoms with van der Waals surface area (Å²) in [6.07, 6.45) is -3.11. The third kappa shape index (κ3) is 4.26. The van der Waals surface area contributed by atoms with Crippen molar-refractivity contribution in [2.24, 2.45) is 0 Å². The van der Waals surface area contributed by atoms with Gasteiger partial charge in [-0.3, -0.25) is 4.90 Å². The summed E-state index contributed by atoms with van der Waals surface area (Å²) in [6.45, 7) is 5.85. The van der Waals surface area contributed by atoms with Crippen LogP contribution >= 0.6 is 0 Å². The average Bonchev–Trinajstić information content (AvgIpc) is 2.50. The van der Waals surface area contributed by atoms with Crippen LogP contribution in [0.5, 0.6) is 0 Å². The number of morpholine rings is 1. The SMILES string of the molecule is CC(C)(C)OC(=O)N1C2C=C(c3ccc(C(F)(F)F)c(F)c3)CC1COC2. The van der Waals surface area contributed by atoms with Crippen molar-refractivity contribution in [1.29, 1.82) is 0 Å². The smallest absolute Gasteiger partial charge is 0.419 e. The molecule has 0 aliphatic carbocycles. The summed E-state index contributed by atoms with van der Waals surface area (Å²) in [5.41, 5.74) is -0.865. The number of ether oxygens (including phenoxy) is 2. The van der Waals surface area contributed by atoms with Crippen LogP contribution in [0.1, 0.15) is 38.3 Å². The number of nitrogens with zero attached hydrogens (tertiary/aromatic N) is 1. The van der Waals surface area contributed by atoms with E-state index >= 15 is 0 Å². The maximum absolute atomic E-state index is 13.9. The second kappa shape index (κ2) is 6.82. The number of amides is 1. The molecular weight excluding hydrogens is 366 g/mol. The van der Waals surface area contributed by atoms with Gasteiger partial charge in [-0.25, -0.2) is 9.18 Å². The van der Waals surface area contributed by atoms with Crippen molar-refractivity contribution in [3.05, 3.63) is 41.2 Å². The van der Waals surface area contributed by atoms with E-state index in [0.717, 1.165) is 12.1 Å². The van der Waals surface area contributed by atoms with Gasteiger partial charge in [-0.05, 0) is 50.5 Å². The highest BCUT2D eigenvalue weighted by atomic mass is 19.4. The van der Waals surface area contributed by atoms with Crippen molar-refractivity contribution in [2.75, 3.05) is 13.2 Å². The molecule has 1 aromatic carbocycles. The van der Waals surface area contributed by atoms with Crippen LogP contribution < -0.4 is 0 Å². The zero-order valence-electron chi connectivity index (χ0n) is 15.3. The van der Waals surface area contributed by atoms with E-state index in [-0.39, 0.29) is 19.3 Å². The number of halogens is 4. The van der Waals surface area contributed by atoms with Crippen molar-refractivity contribution in [1.82, 2.24) is 4.90 Å². The standard InChI is InChI=1S/C19H21F4NO3/c1-18(2,3)27-17(25)24-13-6-12(7-14(24)10-26-9-13)11-4-5-15(16(20)8-11)19(21,22)23/h4-6,8,13-14H,7,9-10H2,1-3H3. The maximum Gasteiger partial charge on any atom is 0.419 e.